The summed E-state index contributed by atoms with van der Waals surface area (Å²) in [5.41, 5.74) is 18.4. The second-order valence-corrected chi connectivity index (χ2v) is 12.7. The minimum Gasteiger partial charge on any atom is -0.0617 e. The van der Waals surface area contributed by atoms with E-state index in [1.807, 2.05) is 0 Å². The van der Waals surface area contributed by atoms with Gasteiger partial charge in [0.25, 0.3) is 0 Å². The maximum atomic E-state index is 2.40. The number of benzene rings is 6. The number of hydrogen-bond donors (Lipinski definition) is 0. The van der Waals surface area contributed by atoms with Gasteiger partial charge in [-0.1, -0.05) is 156 Å². The molecule has 0 N–H and O–H groups in total. The van der Waals surface area contributed by atoms with Gasteiger partial charge in [0.2, 0.25) is 0 Å². The van der Waals surface area contributed by atoms with Crippen LogP contribution in [-0.4, -0.2) is 0 Å². The van der Waals surface area contributed by atoms with Crippen LogP contribution >= 0.6 is 0 Å². The summed E-state index contributed by atoms with van der Waals surface area (Å²) < 4.78 is 0. The zero-order valence-electron chi connectivity index (χ0n) is 26.9. The first kappa shape index (κ1) is 29.4. The normalized spacial score (nSPS) is 11.4. The van der Waals surface area contributed by atoms with E-state index >= 15 is 0 Å². The summed E-state index contributed by atoms with van der Waals surface area (Å²) in [6.07, 6.45) is 0. The highest BCUT2D eigenvalue weighted by molar-refractivity contribution is 5.72. The maximum absolute atomic E-state index is 2.40. The number of aryl methyl sites for hydroxylation is 6. The maximum Gasteiger partial charge on any atom is 0.0340 e. The van der Waals surface area contributed by atoms with Gasteiger partial charge < -0.3 is 0 Å². The third-order valence-electron chi connectivity index (χ3n) is 8.96. The number of hydrogen-bond acceptors (Lipinski definition) is 0. The van der Waals surface area contributed by atoms with Crippen LogP contribution in [0.15, 0.2) is 133 Å². The van der Waals surface area contributed by atoms with Crippen molar-refractivity contribution in [3.63, 3.8) is 0 Å². The molecule has 6 rings (SSSR count). The standard InChI is InChI=1S/C44H42/c1-29-11-7-15-35(23-29)43(36-16-8-12-30(2)24-36)39-19-21-41(33(5)27-39)42-22-20-40(28-34(42)6)44(37-17-9-13-31(3)25-37)38-18-10-14-32(4)26-38/h7-28,43-44H,1-6H3. The van der Waals surface area contributed by atoms with Crippen LogP contribution in [0.4, 0.5) is 0 Å². The van der Waals surface area contributed by atoms with E-state index in [4.69, 9.17) is 0 Å². The molecule has 0 heterocycles. The molecular formula is C44H42. The molecule has 0 aromatic heterocycles. The van der Waals surface area contributed by atoms with Crippen molar-refractivity contribution in [2.45, 2.75) is 53.4 Å². The van der Waals surface area contributed by atoms with E-state index in [9.17, 15) is 0 Å². The molecule has 0 nitrogen and oxygen atoms in total. The van der Waals surface area contributed by atoms with Gasteiger partial charge in [-0.25, -0.2) is 0 Å². The lowest BCUT2D eigenvalue weighted by molar-refractivity contribution is 0.967. The Kier molecular flexibility index (Phi) is 8.36. The molecule has 0 aliphatic carbocycles. The molecule has 218 valence electrons. The highest BCUT2D eigenvalue weighted by Crippen LogP contribution is 2.38. The Bertz CT molecular complexity index is 1710. The van der Waals surface area contributed by atoms with Crippen LogP contribution in [0.5, 0.6) is 0 Å². The van der Waals surface area contributed by atoms with Crippen molar-refractivity contribution in [3.8, 4) is 11.1 Å². The molecule has 0 unspecified atom stereocenters. The molecule has 0 heteroatoms. The van der Waals surface area contributed by atoms with Crippen molar-refractivity contribution in [1.29, 1.82) is 0 Å². The second kappa shape index (κ2) is 12.5. The summed E-state index contributed by atoms with van der Waals surface area (Å²) >= 11 is 0. The van der Waals surface area contributed by atoms with E-state index in [0.29, 0.717) is 0 Å². The minimum atomic E-state index is 0.190. The van der Waals surface area contributed by atoms with Gasteiger partial charge in [-0.3, -0.25) is 0 Å². The van der Waals surface area contributed by atoms with Crippen molar-refractivity contribution in [2.75, 3.05) is 0 Å². The van der Waals surface area contributed by atoms with E-state index < -0.39 is 0 Å². The van der Waals surface area contributed by atoms with Crippen LogP contribution in [0.2, 0.25) is 0 Å². The third kappa shape index (κ3) is 6.17. The van der Waals surface area contributed by atoms with Crippen molar-refractivity contribution < 1.29 is 0 Å². The summed E-state index contributed by atoms with van der Waals surface area (Å²) in [6.45, 7) is 13.2. The van der Waals surface area contributed by atoms with E-state index in [1.165, 1.54) is 77.9 Å². The van der Waals surface area contributed by atoms with E-state index in [-0.39, 0.29) is 11.8 Å². The molecule has 0 amide bonds. The van der Waals surface area contributed by atoms with Crippen molar-refractivity contribution in [2.24, 2.45) is 0 Å². The van der Waals surface area contributed by atoms with Crippen molar-refractivity contribution >= 4 is 0 Å². The predicted molar refractivity (Wildman–Crippen MR) is 188 cm³/mol. The highest BCUT2D eigenvalue weighted by Gasteiger charge is 2.21. The fourth-order valence-corrected chi connectivity index (χ4v) is 6.89. The van der Waals surface area contributed by atoms with Gasteiger partial charge in [0, 0.05) is 11.8 Å². The van der Waals surface area contributed by atoms with Crippen LogP contribution in [0.1, 0.15) is 78.6 Å². The van der Waals surface area contributed by atoms with Gasteiger partial charge in [0.1, 0.15) is 0 Å². The van der Waals surface area contributed by atoms with E-state index in [1.54, 1.807) is 0 Å². The Labute approximate surface area is 264 Å². The van der Waals surface area contributed by atoms with E-state index in [0.717, 1.165) is 0 Å². The monoisotopic (exact) mass is 570 g/mol. The highest BCUT2D eigenvalue weighted by atomic mass is 14.2. The second-order valence-electron chi connectivity index (χ2n) is 12.7. The Morgan fingerprint density at radius 1 is 0.295 bits per heavy atom. The molecule has 0 fully saturated rings. The third-order valence-corrected chi connectivity index (χ3v) is 8.96. The van der Waals surface area contributed by atoms with Gasteiger partial charge in [-0.15, -0.1) is 0 Å². The first-order valence-corrected chi connectivity index (χ1v) is 15.7. The Balaban J connectivity index is 1.40. The van der Waals surface area contributed by atoms with Crippen LogP contribution in [-0.2, 0) is 0 Å². The average Bonchev–Trinajstić information content (AvgIpc) is 2.98. The molecule has 0 atom stereocenters. The smallest absolute Gasteiger partial charge is 0.0340 e. The summed E-state index contributed by atoms with van der Waals surface area (Å²) in [5.74, 6) is 0.380. The molecule has 0 aliphatic heterocycles. The molecule has 0 saturated carbocycles. The van der Waals surface area contributed by atoms with Crippen LogP contribution in [0.3, 0.4) is 0 Å². The van der Waals surface area contributed by atoms with Crippen molar-refractivity contribution in [3.05, 3.63) is 200 Å². The fraction of sp³-hybridized carbons (Fsp3) is 0.182. The summed E-state index contributed by atoms with van der Waals surface area (Å²) in [5, 5.41) is 0. The van der Waals surface area contributed by atoms with Gasteiger partial charge in [-0.2, -0.15) is 0 Å². The summed E-state index contributed by atoms with van der Waals surface area (Å²) in [7, 11) is 0. The zero-order valence-corrected chi connectivity index (χ0v) is 26.9. The largest absolute Gasteiger partial charge is 0.0617 e. The predicted octanol–water partition coefficient (Wildman–Crippen LogP) is 11.6. The molecule has 0 aliphatic rings. The zero-order chi connectivity index (χ0) is 30.8. The average molecular weight is 571 g/mol. The molecule has 6 aromatic carbocycles. The minimum absolute atomic E-state index is 0.190. The Morgan fingerprint density at radius 3 is 0.818 bits per heavy atom. The molecule has 6 aromatic rings. The number of rotatable bonds is 7. The first-order chi connectivity index (χ1) is 21.3. The molecular weight excluding hydrogens is 528 g/mol. The lowest BCUT2D eigenvalue weighted by Crippen LogP contribution is -2.06. The molecule has 0 bridgehead atoms. The van der Waals surface area contributed by atoms with Gasteiger partial charge in [-0.05, 0) is 97.2 Å². The van der Waals surface area contributed by atoms with Gasteiger partial charge in [0.15, 0.2) is 0 Å². The molecule has 44 heavy (non-hydrogen) atoms. The molecule has 0 saturated heterocycles. The Hall–Kier alpha value is -4.68. The van der Waals surface area contributed by atoms with Crippen LogP contribution in [0, 0.1) is 41.5 Å². The summed E-state index contributed by atoms with van der Waals surface area (Å²) in [4.78, 5) is 0. The first-order valence-electron chi connectivity index (χ1n) is 15.7. The lowest BCUT2D eigenvalue weighted by Gasteiger charge is -2.23. The van der Waals surface area contributed by atoms with Crippen molar-refractivity contribution in [1.82, 2.24) is 0 Å². The van der Waals surface area contributed by atoms with Crippen LogP contribution < -0.4 is 0 Å². The Morgan fingerprint density at radius 2 is 0.568 bits per heavy atom. The fourth-order valence-electron chi connectivity index (χ4n) is 6.89. The molecule has 0 spiro atoms. The molecule has 0 radical (unpaired) electrons. The SMILES string of the molecule is Cc1cccc(C(c2cccc(C)c2)c2ccc(-c3ccc(C(c4cccc(C)c4)c4cccc(C)c4)cc3C)c(C)c2)c1. The van der Waals surface area contributed by atoms with Crippen LogP contribution in [0.25, 0.3) is 11.1 Å². The lowest BCUT2D eigenvalue weighted by atomic mass is 9.81. The summed E-state index contributed by atoms with van der Waals surface area (Å²) in [6, 6.07) is 50.0. The van der Waals surface area contributed by atoms with Gasteiger partial charge in [0.05, 0.1) is 0 Å². The van der Waals surface area contributed by atoms with Gasteiger partial charge >= 0.3 is 0 Å². The topological polar surface area (TPSA) is 0 Å². The van der Waals surface area contributed by atoms with E-state index in [2.05, 4.69) is 175 Å². The quantitative estimate of drug-likeness (QED) is 0.167.